The molecule has 19 heavy (non-hydrogen) atoms. The van der Waals surface area contributed by atoms with Crippen molar-refractivity contribution in [3.05, 3.63) is 47.3 Å². The van der Waals surface area contributed by atoms with Gasteiger partial charge in [-0.3, -0.25) is 4.79 Å². The number of hydrogen-bond donors (Lipinski definition) is 1. The molecule has 0 aliphatic carbocycles. The number of para-hydroxylation sites is 1. The predicted molar refractivity (Wildman–Crippen MR) is 67.0 cm³/mol. The maximum atomic E-state index is 12.0. The molecule has 1 amide bonds. The molecule has 2 rings (SSSR count). The van der Waals surface area contributed by atoms with E-state index in [9.17, 15) is 9.59 Å². The molecule has 0 saturated carbocycles. The van der Waals surface area contributed by atoms with E-state index >= 15 is 0 Å². The zero-order valence-electron chi connectivity index (χ0n) is 10.5. The smallest absolute Gasteiger partial charge is 0.339 e. The number of carbonyl (C=O) groups excluding carboxylic acids is 2. The Morgan fingerprint density at radius 2 is 2.05 bits per heavy atom. The lowest BCUT2D eigenvalue weighted by molar-refractivity contribution is 0.0602. The topological polar surface area (TPSA) is 81.4 Å². The van der Waals surface area contributed by atoms with Gasteiger partial charge in [0.05, 0.1) is 24.6 Å². The van der Waals surface area contributed by atoms with Gasteiger partial charge in [-0.05, 0) is 19.1 Å². The van der Waals surface area contributed by atoms with Crippen LogP contribution in [0.1, 0.15) is 26.5 Å². The van der Waals surface area contributed by atoms with E-state index < -0.39 is 11.9 Å². The van der Waals surface area contributed by atoms with Crippen LogP contribution in [0.15, 0.2) is 35.0 Å². The van der Waals surface area contributed by atoms with Crippen LogP contribution in [0.4, 0.5) is 5.69 Å². The molecule has 0 bridgehead atoms. The van der Waals surface area contributed by atoms with E-state index in [1.54, 1.807) is 31.2 Å². The van der Waals surface area contributed by atoms with E-state index in [4.69, 9.17) is 4.52 Å². The Morgan fingerprint density at radius 3 is 2.68 bits per heavy atom. The van der Waals surface area contributed by atoms with Crippen LogP contribution in [0.3, 0.4) is 0 Å². The summed E-state index contributed by atoms with van der Waals surface area (Å²) in [7, 11) is 1.28. The Hall–Kier alpha value is -2.63. The first-order valence-corrected chi connectivity index (χ1v) is 5.53. The first kappa shape index (κ1) is 12.8. The standard InChI is InChI=1S/C13H12N2O4/c1-8-7-14-19-11(8)12(16)15-10-6-4-3-5-9(10)13(17)18-2/h3-7H,1-2H3,(H,15,16). The number of hydrogen-bond acceptors (Lipinski definition) is 5. The van der Waals surface area contributed by atoms with E-state index in [-0.39, 0.29) is 11.3 Å². The van der Waals surface area contributed by atoms with Crippen LogP contribution in [-0.4, -0.2) is 24.1 Å². The van der Waals surface area contributed by atoms with Gasteiger partial charge in [0.25, 0.3) is 5.91 Å². The van der Waals surface area contributed by atoms with Gasteiger partial charge in [0.2, 0.25) is 5.76 Å². The summed E-state index contributed by atoms with van der Waals surface area (Å²) in [6, 6.07) is 6.56. The summed E-state index contributed by atoms with van der Waals surface area (Å²) in [6.45, 7) is 1.71. The molecule has 2 aromatic rings. The fourth-order valence-electron chi connectivity index (χ4n) is 1.57. The molecular weight excluding hydrogens is 248 g/mol. The van der Waals surface area contributed by atoms with Crippen molar-refractivity contribution >= 4 is 17.6 Å². The molecule has 6 heteroatoms. The van der Waals surface area contributed by atoms with Gasteiger partial charge in [0.1, 0.15) is 0 Å². The number of anilines is 1. The number of esters is 1. The van der Waals surface area contributed by atoms with Crippen molar-refractivity contribution in [3.63, 3.8) is 0 Å². The van der Waals surface area contributed by atoms with E-state index in [2.05, 4.69) is 15.2 Å². The molecule has 0 unspecified atom stereocenters. The van der Waals surface area contributed by atoms with Crippen molar-refractivity contribution in [1.29, 1.82) is 0 Å². The third-order valence-electron chi connectivity index (χ3n) is 2.54. The Labute approximate surface area is 109 Å². The molecule has 1 aromatic heterocycles. The fourth-order valence-corrected chi connectivity index (χ4v) is 1.57. The average Bonchev–Trinajstić information content (AvgIpc) is 2.85. The lowest BCUT2D eigenvalue weighted by Gasteiger charge is -2.08. The molecule has 1 N–H and O–H groups in total. The zero-order chi connectivity index (χ0) is 13.8. The molecule has 0 saturated heterocycles. The highest BCUT2D eigenvalue weighted by Gasteiger charge is 2.18. The lowest BCUT2D eigenvalue weighted by atomic mass is 10.1. The summed E-state index contributed by atoms with van der Waals surface area (Å²) in [4.78, 5) is 23.5. The van der Waals surface area contributed by atoms with Crippen molar-refractivity contribution < 1.29 is 18.8 Å². The van der Waals surface area contributed by atoms with Crippen LogP contribution in [0.5, 0.6) is 0 Å². The third-order valence-corrected chi connectivity index (χ3v) is 2.54. The highest BCUT2D eigenvalue weighted by molar-refractivity contribution is 6.07. The van der Waals surface area contributed by atoms with Gasteiger partial charge >= 0.3 is 5.97 Å². The lowest BCUT2D eigenvalue weighted by Crippen LogP contribution is -2.15. The van der Waals surface area contributed by atoms with Crippen molar-refractivity contribution in [2.45, 2.75) is 6.92 Å². The van der Waals surface area contributed by atoms with Gasteiger partial charge in [-0.15, -0.1) is 0 Å². The molecule has 0 spiro atoms. The quantitative estimate of drug-likeness (QED) is 0.854. The molecule has 0 aliphatic rings. The predicted octanol–water partition coefficient (Wildman–Crippen LogP) is 2.02. The molecular formula is C13H12N2O4. The molecule has 6 nitrogen and oxygen atoms in total. The summed E-state index contributed by atoms with van der Waals surface area (Å²) in [5.41, 5.74) is 1.25. The number of amides is 1. The number of carbonyl (C=O) groups is 2. The Bertz CT molecular complexity index is 619. The Morgan fingerprint density at radius 1 is 1.32 bits per heavy atom. The monoisotopic (exact) mass is 260 g/mol. The number of aromatic nitrogens is 1. The number of aryl methyl sites for hydroxylation is 1. The summed E-state index contributed by atoms with van der Waals surface area (Å²) >= 11 is 0. The number of benzene rings is 1. The van der Waals surface area contributed by atoms with Crippen LogP contribution in [0.2, 0.25) is 0 Å². The summed E-state index contributed by atoms with van der Waals surface area (Å²) in [5, 5.41) is 6.13. The van der Waals surface area contributed by atoms with Gasteiger partial charge in [0, 0.05) is 5.56 Å². The molecule has 0 atom stereocenters. The van der Waals surface area contributed by atoms with Crippen LogP contribution in [-0.2, 0) is 4.74 Å². The summed E-state index contributed by atoms with van der Waals surface area (Å²) in [6.07, 6.45) is 1.45. The number of nitrogens with zero attached hydrogens (tertiary/aromatic N) is 1. The second kappa shape index (κ2) is 5.34. The van der Waals surface area contributed by atoms with E-state index in [1.165, 1.54) is 13.3 Å². The van der Waals surface area contributed by atoms with Crippen LogP contribution >= 0.6 is 0 Å². The molecule has 0 radical (unpaired) electrons. The molecule has 98 valence electrons. The third kappa shape index (κ3) is 2.62. The highest BCUT2D eigenvalue weighted by atomic mass is 16.5. The molecule has 0 fully saturated rings. The maximum absolute atomic E-state index is 12.0. The highest BCUT2D eigenvalue weighted by Crippen LogP contribution is 2.18. The van der Waals surface area contributed by atoms with Crippen LogP contribution in [0.25, 0.3) is 0 Å². The number of methoxy groups -OCH3 is 1. The minimum atomic E-state index is -0.523. The average molecular weight is 260 g/mol. The van der Waals surface area contributed by atoms with Crippen LogP contribution < -0.4 is 5.32 Å². The fraction of sp³-hybridized carbons (Fsp3) is 0.154. The van der Waals surface area contributed by atoms with E-state index in [0.717, 1.165) is 0 Å². The minimum Gasteiger partial charge on any atom is -0.465 e. The van der Waals surface area contributed by atoms with Crippen molar-refractivity contribution in [2.75, 3.05) is 12.4 Å². The molecule has 0 aliphatic heterocycles. The maximum Gasteiger partial charge on any atom is 0.339 e. The van der Waals surface area contributed by atoms with Crippen LogP contribution in [0, 0.1) is 6.92 Å². The first-order valence-electron chi connectivity index (χ1n) is 5.53. The van der Waals surface area contributed by atoms with Gasteiger partial charge in [-0.25, -0.2) is 4.79 Å². The zero-order valence-corrected chi connectivity index (χ0v) is 10.5. The first-order chi connectivity index (χ1) is 9.13. The summed E-state index contributed by atoms with van der Waals surface area (Å²) in [5.74, 6) is -0.879. The number of ether oxygens (including phenoxy) is 1. The van der Waals surface area contributed by atoms with Gasteiger partial charge in [-0.2, -0.15) is 0 Å². The number of nitrogens with one attached hydrogen (secondary N) is 1. The molecule has 1 heterocycles. The second-order valence-corrected chi connectivity index (χ2v) is 3.83. The van der Waals surface area contributed by atoms with Gasteiger partial charge in [-0.1, -0.05) is 17.3 Å². The van der Waals surface area contributed by atoms with Gasteiger partial charge in [0.15, 0.2) is 0 Å². The Kier molecular flexibility index (Phi) is 3.61. The molecule has 1 aromatic carbocycles. The van der Waals surface area contributed by atoms with Crippen molar-refractivity contribution in [1.82, 2.24) is 5.16 Å². The normalized spacial score (nSPS) is 10.0. The van der Waals surface area contributed by atoms with Gasteiger partial charge < -0.3 is 14.6 Å². The SMILES string of the molecule is COC(=O)c1ccccc1NC(=O)c1oncc1C. The van der Waals surface area contributed by atoms with E-state index in [1.807, 2.05) is 0 Å². The Balaban J connectivity index is 2.27. The van der Waals surface area contributed by atoms with E-state index in [0.29, 0.717) is 11.3 Å². The summed E-state index contributed by atoms with van der Waals surface area (Å²) < 4.78 is 9.49. The second-order valence-electron chi connectivity index (χ2n) is 3.83. The number of rotatable bonds is 3. The minimum absolute atomic E-state index is 0.111. The largest absolute Gasteiger partial charge is 0.465 e. The van der Waals surface area contributed by atoms with Crippen molar-refractivity contribution in [3.8, 4) is 0 Å². The van der Waals surface area contributed by atoms with Crippen molar-refractivity contribution in [2.24, 2.45) is 0 Å².